The molecule has 0 radical (unpaired) electrons. The lowest BCUT2D eigenvalue weighted by Gasteiger charge is -2.20. The van der Waals surface area contributed by atoms with Gasteiger partial charge in [0.2, 0.25) is 5.91 Å². The average molecular weight is 297 g/mol. The Labute approximate surface area is 127 Å². The fourth-order valence-corrected chi connectivity index (χ4v) is 2.16. The largest absolute Gasteiger partial charge is 0.355 e. The van der Waals surface area contributed by atoms with Crippen LogP contribution in [0, 0.1) is 0 Å². The van der Waals surface area contributed by atoms with Crippen LogP contribution in [0.2, 0.25) is 5.02 Å². The first-order chi connectivity index (χ1) is 9.54. The molecule has 1 aromatic rings. The summed E-state index contributed by atoms with van der Waals surface area (Å²) in [7, 11) is 0. The lowest BCUT2D eigenvalue weighted by atomic mass is 10.1. The molecule has 0 aliphatic carbocycles. The van der Waals surface area contributed by atoms with Crippen LogP contribution < -0.4 is 10.6 Å². The van der Waals surface area contributed by atoms with Gasteiger partial charge in [0.1, 0.15) is 0 Å². The molecule has 0 heterocycles. The molecule has 0 spiro atoms. The molecule has 1 aromatic carbocycles. The van der Waals surface area contributed by atoms with Crippen LogP contribution in [0.4, 0.5) is 0 Å². The molecule has 2 N–H and O–H groups in total. The third kappa shape index (κ3) is 5.93. The molecule has 20 heavy (non-hydrogen) atoms. The zero-order valence-electron chi connectivity index (χ0n) is 12.6. The fraction of sp³-hybridized carbons (Fsp3) is 0.562. The zero-order valence-corrected chi connectivity index (χ0v) is 13.3. The highest BCUT2D eigenvalue weighted by Gasteiger charge is 2.15. The average Bonchev–Trinajstić information content (AvgIpc) is 2.44. The molecule has 0 bridgehead atoms. The van der Waals surface area contributed by atoms with Crippen molar-refractivity contribution in [3.05, 3.63) is 34.9 Å². The van der Waals surface area contributed by atoms with Crippen LogP contribution in [-0.2, 0) is 4.79 Å². The van der Waals surface area contributed by atoms with Gasteiger partial charge < -0.3 is 5.32 Å². The Morgan fingerprint density at radius 1 is 1.20 bits per heavy atom. The number of unbranched alkanes of at least 4 members (excludes halogenated alkanes) is 2. The first-order valence-corrected chi connectivity index (χ1v) is 7.71. The molecule has 0 saturated heterocycles. The molecule has 1 unspecified atom stereocenters. The fourth-order valence-electron chi connectivity index (χ4n) is 2.04. The van der Waals surface area contributed by atoms with Crippen molar-refractivity contribution < 1.29 is 4.79 Å². The van der Waals surface area contributed by atoms with Gasteiger partial charge in [-0.25, -0.2) is 0 Å². The third-order valence-electron chi connectivity index (χ3n) is 3.34. The van der Waals surface area contributed by atoms with E-state index in [1.165, 1.54) is 0 Å². The summed E-state index contributed by atoms with van der Waals surface area (Å²) in [5, 5.41) is 6.99. The number of hydrogen-bond acceptors (Lipinski definition) is 2. The SMILES string of the molecule is CCCCCNC(=O)C(C)N[C@@H](C)c1ccc(Cl)cc1. The Balaban J connectivity index is 2.38. The van der Waals surface area contributed by atoms with E-state index < -0.39 is 0 Å². The summed E-state index contributed by atoms with van der Waals surface area (Å²) in [4.78, 5) is 11.9. The Morgan fingerprint density at radius 3 is 2.45 bits per heavy atom. The van der Waals surface area contributed by atoms with Crippen molar-refractivity contribution >= 4 is 17.5 Å². The van der Waals surface area contributed by atoms with Crippen molar-refractivity contribution in [1.82, 2.24) is 10.6 Å². The number of carbonyl (C=O) groups excluding carboxylic acids is 1. The van der Waals surface area contributed by atoms with Gasteiger partial charge in [-0.1, -0.05) is 43.5 Å². The minimum absolute atomic E-state index is 0.0573. The van der Waals surface area contributed by atoms with Crippen molar-refractivity contribution in [3.63, 3.8) is 0 Å². The van der Waals surface area contributed by atoms with Gasteiger partial charge in [0, 0.05) is 17.6 Å². The van der Waals surface area contributed by atoms with Crippen molar-refractivity contribution in [3.8, 4) is 0 Å². The standard InChI is InChI=1S/C16H25ClN2O/c1-4-5-6-11-18-16(20)13(3)19-12(2)14-7-9-15(17)10-8-14/h7-10,12-13,19H,4-6,11H2,1-3H3,(H,18,20)/t12-,13?/m0/s1. The molecule has 1 amide bonds. The number of amides is 1. The number of benzene rings is 1. The highest BCUT2D eigenvalue weighted by atomic mass is 35.5. The highest BCUT2D eigenvalue weighted by molar-refractivity contribution is 6.30. The Bertz CT molecular complexity index is 405. The van der Waals surface area contributed by atoms with Crippen LogP contribution in [0.1, 0.15) is 51.6 Å². The number of hydrogen-bond donors (Lipinski definition) is 2. The van der Waals surface area contributed by atoms with Gasteiger partial charge in [0.05, 0.1) is 6.04 Å². The Kier molecular flexibility index (Phi) is 7.63. The molecule has 0 fully saturated rings. The molecular formula is C16H25ClN2O. The summed E-state index contributed by atoms with van der Waals surface area (Å²) < 4.78 is 0. The molecule has 3 nitrogen and oxygen atoms in total. The monoisotopic (exact) mass is 296 g/mol. The maximum Gasteiger partial charge on any atom is 0.236 e. The lowest BCUT2D eigenvalue weighted by Crippen LogP contribution is -2.43. The molecule has 0 aliphatic heterocycles. The molecule has 112 valence electrons. The van der Waals surface area contributed by atoms with Gasteiger partial charge in [0.25, 0.3) is 0 Å². The van der Waals surface area contributed by atoms with Gasteiger partial charge in [-0.3, -0.25) is 10.1 Å². The molecule has 0 aromatic heterocycles. The van der Waals surface area contributed by atoms with Crippen LogP contribution in [0.3, 0.4) is 0 Å². The predicted molar refractivity (Wildman–Crippen MR) is 85.0 cm³/mol. The van der Waals surface area contributed by atoms with Crippen molar-refractivity contribution in [2.75, 3.05) is 6.54 Å². The van der Waals surface area contributed by atoms with E-state index in [1.54, 1.807) is 0 Å². The van der Waals surface area contributed by atoms with E-state index in [0.717, 1.165) is 36.4 Å². The maximum absolute atomic E-state index is 11.9. The minimum atomic E-state index is -0.206. The van der Waals surface area contributed by atoms with E-state index in [2.05, 4.69) is 17.6 Å². The van der Waals surface area contributed by atoms with Crippen LogP contribution in [-0.4, -0.2) is 18.5 Å². The second-order valence-corrected chi connectivity index (χ2v) is 5.60. The summed E-state index contributed by atoms with van der Waals surface area (Å²) in [5.74, 6) is 0.0573. The van der Waals surface area contributed by atoms with E-state index >= 15 is 0 Å². The van der Waals surface area contributed by atoms with E-state index in [0.29, 0.717) is 0 Å². The summed E-state index contributed by atoms with van der Waals surface area (Å²) in [6, 6.07) is 7.60. The second kappa shape index (κ2) is 8.98. The molecule has 0 saturated carbocycles. The van der Waals surface area contributed by atoms with Crippen molar-refractivity contribution in [2.45, 2.75) is 52.1 Å². The lowest BCUT2D eigenvalue weighted by molar-refractivity contribution is -0.122. The number of rotatable bonds is 8. The quantitative estimate of drug-likeness (QED) is 0.718. The first-order valence-electron chi connectivity index (χ1n) is 7.33. The van der Waals surface area contributed by atoms with Gasteiger partial charge in [0.15, 0.2) is 0 Å². The van der Waals surface area contributed by atoms with Crippen molar-refractivity contribution in [2.24, 2.45) is 0 Å². The van der Waals surface area contributed by atoms with Crippen LogP contribution in [0.25, 0.3) is 0 Å². The van der Waals surface area contributed by atoms with Gasteiger partial charge in [-0.15, -0.1) is 0 Å². The minimum Gasteiger partial charge on any atom is -0.355 e. The van der Waals surface area contributed by atoms with E-state index in [-0.39, 0.29) is 18.0 Å². The Hall–Kier alpha value is -1.06. The molecule has 0 aliphatic rings. The third-order valence-corrected chi connectivity index (χ3v) is 3.59. The maximum atomic E-state index is 11.9. The molecule has 2 atom stereocenters. The summed E-state index contributed by atoms with van der Waals surface area (Å²) in [6.07, 6.45) is 3.36. The van der Waals surface area contributed by atoms with Crippen LogP contribution >= 0.6 is 11.6 Å². The number of halogens is 1. The van der Waals surface area contributed by atoms with Gasteiger partial charge in [-0.2, -0.15) is 0 Å². The summed E-state index contributed by atoms with van der Waals surface area (Å²) in [5.41, 5.74) is 1.13. The summed E-state index contributed by atoms with van der Waals surface area (Å²) >= 11 is 5.87. The highest BCUT2D eigenvalue weighted by Crippen LogP contribution is 2.16. The molecule has 1 rings (SSSR count). The van der Waals surface area contributed by atoms with Gasteiger partial charge >= 0.3 is 0 Å². The van der Waals surface area contributed by atoms with E-state index in [4.69, 9.17) is 11.6 Å². The van der Waals surface area contributed by atoms with Crippen LogP contribution in [0.15, 0.2) is 24.3 Å². The molecule has 4 heteroatoms. The van der Waals surface area contributed by atoms with Gasteiger partial charge in [-0.05, 0) is 38.0 Å². The zero-order chi connectivity index (χ0) is 15.0. The topological polar surface area (TPSA) is 41.1 Å². The number of carbonyl (C=O) groups is 1. The second-order valence-electron chi connectivity index (χ2n) is 5.16. The first kappa shape index (κ1) is 17.0. The van der Waals surface area contributed by atoms with E-state index in [9.17, 15) is 4.79 Å². The normalized spacial score (nSPS) is 13.8. The Morgan fingerprint density at radius 2 is 1.85 bits per heavy atom. The van der Waals surface area contributed by atoms with E-state index in [1.807, 2.05) is 38.1 Å². The van der Waals surface area contributed by atoms with Crippen LogP contribution in [0.5, 0.6) is 0 Å². The summed E-state index contributed by atoms with van der Waals surface area (Å²) in [6.45, 7) is 6.85. The predicted octanol–water partition coefficient (Wildman–Crippen LogP) is 3.69. The smallest absolute Gasteiger partial charge is 0.236 e. The molecular weight excluding hydrogens is 272 g/mol. The van der Waals surface area contributed by atoms with Crippen molar-refractivity contribution in [1.29, 1.82) is 0 Å². The number of nitrogens with one attached hydrogen (secondary N) is 2.